The molecule has 0 spiro atoms. The second-order valence-corrected chi connectivity index (χ2v) is 8.72. The molecule has 1 aromatic carbocycles. The van der Waals surface area contributed by atoms with Gasteiger partial charge in [0.1, 0.15) is 5.82 Å². The van der Waals surface area contributed by atoms with Crippen LogP contribution in [0.5, 0.6) is 0 Å². The summed E-state index contributed by atoms with van der Waals surface area (Å²) in [6, 6.07) is 10.3. The molecule has 7 nitrogen and oxygen atoms in total. The highest BCUT2D eigenvalue weighted by Gasteiger charge is 2.13. The quantitative estimate of drug-likeness (QED) is 0.309. The summed E-state index contributed by atoms with van der Waals surface area (Å²) in [5.74, 6) is 0.866. The summed E-state index contributed by atoms with van der Waals surface area (Å²) in [4.78, 5) is 18.5. The summed E-state index contributed by atoms with van der Waals surface area (Å²) in [6.07, 6.45) is 4.62. The fourth-order valence-corrected chi connectivity index (χ4v) is 4.13. The van der Waals surface area contributed by atoms with Crippen LogP contribution in [0.15, 0.2) is 51.7 Å². The molecule has 0 bridgehead atoms. The third-order valence-electron chi connectivity index (χ3n) is 5.44. The Hall–Kier alpha value is -3.33. The summed E-state index contributed by atoms with van der Waals surface area (Å²) in [6.45, 7) is 0.715. The van der Waals surface area contributed by atoms with Crippen molar-refractivity contribution in [1.29, 1.82) is 0 Å². The molecule has 4 rings (SSSR count). The Balaban J connectivity index is 1.12. The summed E-state index contributed by atoms with van der Waals surface area (Å²) >= 11 is 1.58. The van der Waals surface area contributed by atoms with Crippen molar-refractivity contribution >= 4 is 17.2 Å². The fraction of sp³-hybridized carbons (Fsp3) is 0.333. The van der Waals surface area contributed by atoms with Gasteiger partial charge >= 0.3 is 0 Å². The molecule has 0 atom stereocenters. The van der Waals surface area contributed by atoms with E-state index in [1.54, 1.807) is 28.4 Å². The first-order valence-electron chi connectivity index (χ1n) is 11.0. The molecule has 0 saturated heterocycles. The maximum Gasteiger partial charge on any atom is 0.227 e. The second kappa shape index (κ2) is 11.0. The van der Waals surface area contributed by atoms with Crippen molar-refractivity contribution in [3.8, 4) is 22.6 Å². The van der Waals surface area contributed by atoms with E-state index in [2.05, 4.69) is 20.3 Å². The van der Waals surface area contributed by atoms with Crippen molar-refractivity contribution < 1.29 is 13.7 Å². The van der Waals surface area contributed by atoms with Crippen LogP contribution in [-0.4, -0.2) is 44.7 Å². The molecule has 3 aromatic heterocycles. The lowest BCUT2D eigenvalue weighted by atomic mass is 10.1. The van der Waals surface area contributed by atoms with E-state index in [0.717, 1.165) is 48.2 Å². The minimum absolute atomic E-state index is 0.0720. The molecule has 33 heavy (non-hydrogen) atoms. The van der Waals surface area contributed by atoms with Gasteiger partial charge in [0.25, 0.3) is 0 Å². The number of hydrogen-bond acceptors (Lipinski definition) is 6. The van der Waals surface area contributed by atoms with Gasteiger partial charge in [0.2, 0.25) is 17.6 Å². The van der Waals surface area contributed by atoms with Crippen LogP contribution in [0.1, 0.15) is 37.3 Å². The van der Waals surface area contributed by atoms with Crippen molar-refractivity contribution in [2.45, 2.75) is 38.5 Å². The Morgan fingerprint density at radius 2 is 1.97 bits per heavy atom. The van der Waals surface area contributed by atoms with Gasteiger partial charge in [-0.1, -0.05) is 11.6 Å². The van der Waals surface area contributed by atoms with Crippen LogP contribution in [-0.2, 0) is 17.6 Å². The molecular weight excluding hydrogens is 441 g/mol. The van der Waals surface area contributed by atoms with Crippen LogP contribution >= 0.6 is 11.3 Å². The average molecular weight is 468 g/mol. The number of nitrogens with zero attached hydrogens (tertiary/aromatic N) is 4. The Morgan fingerprint density at radius 3 is 2.76 bits per heavy atom. The lowest BCUT2D eigenvalue weighted by Gasteiger charge is -2.16. The Bertz CT molecular complexity index is 1150. The first-order valence-corrected chi connectivity index (χ1v) is 11.9. The molecule has 4 aromatic rings. The molecule has 0 aliphatic carbocycles. The van der Waals surface area contributed by atoms with Crippen LogP contribution in [0, 0.1) is 5.82 Å². The van der Waals surface area contributed by atoms with Crippen molar-refractivity contribution in [2.24, 2.45) is 0 Å². The van der Waals surface area contributed by atoms with Crippen molar-refractivity contribution in [3.05, 3.63) is 64.6 Å². The molecule has 0 unspecified atom stereocenters. The molecule has 0 fully saturated rings. The number of aryl methyl sites for hydroxylation is 2. The van der Waals surface area contributed by atoms with Gasteiger partial charge in [-0.2, -0.15) is 21.4 Å². The highest BCUT2D eigenvalue weighted by Crippen LogP contribution is 2.20. The largest absolute Gasteiger partial charge is 0.346 e. The molecule has 1 N–H and O–H groups in total. The number of aromatic nitrogens is 4. The number of carbonyl (C=O) groups excluding carboxylic acids is 1. The lowest BCUT2D eigenvalue weighted by Crippen LogP contribution is -2.27. The monoisotopic (exact) mass is 467 g/mol. The zero-order valence-corrected chi connectivity index (χ0v) is 19.3. The normalized spacial score (nSPS) is 11.1. The number of rotatable bonds is 11. The van der Waals surface area contributed by atoms with E-state index >= 15 is 0 Å². The van der Waals surface area contributed by atoms with Gasteiger partial charge in [-0.3, -0.25) is 9.89 Å². The van der Waals surface area contributed by atoms with Crippen LogP contribution in [0.2, 0.25) is 0 Å². The molecule has 0 aliphatic rings. The minimum Gasteiger partial charge on any atom is -0.346 e. The van der Waals surface area contributed by atoms with Crippen molar-refractivity contribution in [1.82, 2.24) is 25.2 Å². The number of unbranched alkanes of at least 4 members (excludes halogenated alkanes) is 2. The van der Waals surface area contributed by atoms with Crippen LogP contribution in [0.3, 0.4) is 0 Å². The predicted molar refractivity (Wildman–Crippen MR) is 125 cm³/mol. The number of amides is 1. The summed E-state index contributed by atoms with van der Waals surface area (Å²) in [5.41, 5.74) is 3.70. The average Bonchev–Trinajstić information content (AvgIpc) is 3.59. The topological polar surface area (TPSA) is 87.9 Å². The Kier molecular flexibility index (Phi) is 7.62. The maximum atomic E-state index is 13.1. The maximum absolute atomic E-state index is 13.1. The van der Waals surface area contributed by atoms with E-state index in [-0.39, 0.29) is 11.7 Å². The number of benzene rings is 1. The summed E-state index contributed by atoms with van der Waals surface area (Å²) < 4.78 is 18.3. The van der Waals surface area contributed by atoms with Crippen LogP contribution in [0.4, 0.5) is 4.39 Å². The van der Waals surface area contributed by atoms with E-state index in [1.807, 2.05) is 29.9 Å². The van der Waals surface area contributed by atoms with E-state index in [9.17, 15) is 9.18 Å². The third-order valence-corrected chi connectivity index (χ3v) is 6.12. The summed E-state index contributed by atoms with van der Waals surface area (Å²) in [7, 11) is 1.83. The zero-order valence-electron chi connectivity index (χ0n) is 18.5. The van der Waals surface area contributed by atoms with Gasteiger partial charge in [0.15, 0.2) is 0 Å². The van der Waals surface area contributed by atoms with Crippen LogP contribution in [0.25, 0.3) is 22.6 Å². The van der Waals surface area contributed by atoms with Gasteiger partial charge in [-0.05, 0) is 61.0 Å². The van der Waals surface area contributed by atoms with Crippen molar-refractivity contribution in [3.63, 3.8) is 0 Å². The summed E-state index contributed by atoms with van der Waals surface area (Å²) in [5, 5.41) is 15.3. The fourth-order valence-electron chi connectivity index (χ4n) is 3.49. The standard InChI is InChI=1S/C24H26FN5O2S/c1-30(23(31)11-10-22-26-24(29-32-22)18-12-14-33-16-18)13-4-2-3-5-20-15-21(28-27-20)17-6-8-19(25)9-7-17/h6-9,12,14-16H,2-5,10-11,13H2,1H3,(H,27,28). The second-order valence-electron chi connectivity index (χ2n) is 7.94. The smallest absolute Gasteiger partial charge is 0.227 e. The van der Waals surface area contributed by atoms with Crippen LogP contribution < -0.4 is 0 Å². The number of thiophene rings is 1. The zero-order chi connectivity index (χ0) is 23.0. The minimum atomic E-state index is -0.254. The SMILES string of the molecule is CN(CCCCCc1cc(-c2ccc(F)cc2)n[nH]1)C(=O)CCc1nc(-c2ccsc2)no1. The van der Waals surface area contributed by atoms with Gasteiger partial charge in [0, 0.05) is 48.6 Å². The molecule has 0 aliphatic heterocycles. The number of halogens is 1. The number of aromatic amines is 1. The first kappa shape index (κ1) is 22.8. The van der Waals surface area contributed by atoms with Gasteiger partial charge in [-0.25, -0.2) is 4.39 Å². The molecule has 0 saturated carbocycles. The van der Waals surface area contributed by atoms with Gasteiger partial charge < -0.3 is 9.42 Å². The van der Waals surface area contributed by atoms with Gasteiger partial charge in [-0.15, -0.1) is 0 Å². The number of nitrogens with one attached hydrogen (secondary N) is 1. The van der Waals surface area contributed by atoms with Gasteiger partial charge in [0.05, 0.1) is 5.69 Å². The third kappa shape index (κ3) is 6.35. The molecule has 0 radical (unpaired) electrons. The number of carbonyl (C=O) groups is 1. The highest BCUT2D eigenvalue weighted by atomic mass is 32.1. The predicted octanol–water partition coefficient (Wildman–Crippen LogP) is 5.13. The van der Waals surface area contributed by atoms with Crippen molar-refractivity contribution in [2.75, 3.05) is 13.6 Å². The van der Waals surface area contributed by atoms with E-state index in [1.165, 1.54) is 12.1 Å². The molecule has 3 heterocycles. The first-order chi connectivity index (χ1) is 16.1. The highest BCUT2D eigenvalue weighted by molar-refractivity contribution is 7.08. The van der Waals surface area contributed by atoms with E-state index in [0.29, 0.717) is 31.1 Å². The number of hydrogen-bond donors (Lipinski definition) is 1. The van der Waals surface area contributed by atoms with E-state index < -0.39 is 0 Å². The molecule has 172 valence electrons. The lowest BCUT2D eigenvalue weighted by molar-refractivity contribution is -0.130. The molecule has 9 heteroatoms. The Labute approximate surface area is 195 Å². The molecule has 1 amide bonds. The number of H-pyrrole nitrogens is 1. The van der Waals surface area contributed by atoms with E-state index in [4.69, 9.17) is 4.52 Å². The molecular formula is C24H26FN5O2S. The Morgan fingerprint density at radius 1 is 1.12 bits per heavy atom.